The van der Waals surface area contributed by atoms with Crippen molar-refractivity contribution in [2.75, 3.05) is 13.2 Å². The van der Waals surface area contributed by atoms with Gasteiger partial charge in [0.1, 0.15) is 22.3 Å². The van der Waals surface area contributed by atoms with E-state index in [9.17, 15) is 5.11 Å². The summed E-state index contributed by atoms with van der Waals surface area (Å²) >= 11 is 0. The summed E-state index contributed by atoms with van der Waals surface area (Å²) in [6.07, 6.45) is 5.46. The largest absolute Gasteiger partial charge is 0.384 e. The fraction of sp³-hybridized carbons (Fsp3) is 0.444. The lowest BCUT2D eigenvalue weighted by Crippen LogP contribution is -2.28. The van der Waals surface area contributed by atoms with Crippen LogP contribution in [0.2, 0.25) is 0 Å². The number of aryl methyl sites for hydroxylation is 3. The highest BCUT2D eigenvalue weighted by Gasteiger charge is 2.36. The van der Waals surface area contributed by atoms with Crippen molar-refractivity contribution in [2.45, 2.75) is 52.2 Å². The van der Waals surface area contributed by atoms with E-state index in [1.165, 1.54) is 0 Å². The van der Waals surface area contributed by atoms with Gasteiger partial charge in [0, 0.05) is 38.2 Å². The summed E-state index contributed by atoms with van der Waals surface area (Å²) in [5.74, 6) is 0.259. The number of fused-ring (bicyclic) bond motifs is 3. The van der Waals surface area contributed by atoms with Crippen molar-refractivity contribution in [3.8, 4) is 11.3 Å². The van der Waals surface area contributed by atoms with Gasteiger partial charge in [-0.1, -0.05) is 10.4 Å². The van der Waals surface area contributed by atoms with Gasteiger partial charge in [-0.3, -0.25) is 4.98 Å². The van der Waals surface area contributed by atoms with E-state index < -0.39 is 5.60 Å². The monoisotopic (exact) mass is 501 g/mol. The van der Waals surface area contributed by atoms with E-state index in [1.54, 1.807) is 18.5 Å². The molecule has 6 heterocycles. The second kappa shape index (κ2) is 8.74. The number of nitrogens with zero attached hydrogens (tertiary/aromatic N) is 7. The van der Waals surface area contributed by atoms with Crippen LogP contribution in [-0.2, 0) is 17.4 Å². The van der Waals surface area contributed by atoms with E-state index in [1.807, 2.05) is 32.4 Å². The maximum atomic E-state index is 11.1. The van der Waals surface area contributed by atoms with Gasteiger partial charge < -0.3 is 18.9 Å². The molecular formula is C27H31N7O3. The van der Waals surface area contributed by atoms with Crippen molar-refractivity contribution in [3.05, 3.63) is 53.2 Å². The zero-order valence-corrected chi connectivity index (χ0v) is 21.8. The molecule has 1 aliphatic heterocycles. The summed E-state index contributed by atoms with van der Waals surface area (Å²) in [4.78, 5) is 9.69. The standard InChI is InChI=1S/C27H31N7O3/c1-15-6-9-28-19(12-15)23(17-7-10-36-11-8-17)34-20-13-18(22-16(2)30-32-33(22)5)14-29-21(20)25-24(34)26(31-37-25)27(3,4)35/h6,9,12-14,17,23,35H,7-8,10-11H2,1-5H3. The van der Waals surface area contributed by atoms with Crippen LogP contribution < -0.4 is 0 Å². The first kappa shape index (κ1) is 23.7. The number of rotatable bonds is 5. The Balaban J connectivity index is 1.71. The van der Waals surface area contributed by atoms with Crippen LogP contribution in [0.15, 0.2) is 35.1 Å². The first-order valence-electron chi connectivity index (χ1n) is 12.6. The topological polar surface area (TPSA) is 117 Å². The Morgan fingerprint density at radius 1 is 1.14 bits per heavy atom. The minimum atomic E-state index is -1.22. The Bertz CT molecular complexity index is 1580. The number of aromatic nitrogens is 7. The normalized spacial score (nSPS) is 16.2. The third-order valence-corrected chi connectivity index (χ3v) is 7.33. The Hall–Kier alpha value is -3.63. The molecule has 6 rings (SSSR count). The van der Waals surface area contributed by atoms with E-state index in [0.29, 0.717) is 30.0 Å². The smallest absolute Gasteiger partial charge is 0.211 e. The van der Waals surface area contributed by atoms with E-state index in [-0.39, 0.29) is 12.0 Å². The molecule has 5 aromatic rings. The van der Waals surface area contributed by atoms with Crippen LogP contribution in [0.1, 0.15) is 55.4 Å². The van der Waals surface area contributed by atoms with Crippen LogP contribution in [0.25, 0.3) is 33.4 Å². The van der Waals surface area contributed by atoms with Gasteiger partial charge in [-0.05, 0) is 70.2 Å². The van der Waals surface area contributed by atoms with Gasteiger partial charge >= 0.3 is 0 Å². The van der Waals surface area contributed by atoms with Crippen LogP contribution in [0.5, 0.6) is 0 Å². The number of pyridine rings is 2. The van der Waals surface area contributed by atoms with Crippen LogP contribution in [0.4, 0.5) is 0 Å². The highest BCUT2D eigenvalue weighted by Crippen LogP contribution is 2.43. The molecule has 1 N–H and O–H groups in total. The predicted octanol–water partition coefficient (Wildman–Crippen LogP) is 4.23. The molecule has 1 aliphatic rings. The molecule has 1 fully saturated rings. The van der Waals surface area contributed by atoms with Crippen LogP contribution in [0.3, 0.4) is 0 Å². The van der Waals surface area contributed by atoms with Gasteiger partial charge in [0.05, 0.1) is 28.6 Å². The molecule has 10 nitrogen and oxygen atoms in total. The summed E-state index contributed by atoms with van der Waals surface area (Å²) in [7, 11) is 1.88. The highest BCUT2D eigenvalue weighted by atomic mass is 16.5. The number of hydrogen-bond donors (Lipinski definition) is 1. The van der Waals surface area contributed by atoms with Crippen LogP contribution in [-0.4, -0.2) is 53.0 Å². The SMILES string of the molecule is Cc1ccnc(C(C2CCOCC2)n2c3cc(-c4c(C)nnn4C)cnc3c3onc(C(C)(C)O)c32)c1. The second-order valence-corrected chi connectivity index (χ2v) is 10.5. The molecule has 0 aromatic carbocycles. The van der Waals surface area contributed by atoms with Gasteiger partial charge in [0.15, 0.2) is 0 Å². The molecule has 5 aromatic heterocycles. The summed E-state index contributed by atoms with van der Waals surface area (Å²) < 4.78 is 15.6. The molecule has 0 spiro atoms. The van der Waals surface area contributed by atoms with Crippen molar-refractivity contribution in [1.82, 2.24) is 34.7 Å². The summed E-state index contributed by atoms with van der Waals surface area (Å²) in [6.45, 7) is 8.86. The number of hydrogen-bond acceptors (Lipinski definition) is 8. The van der Waals surface area contributed by atoms with Gasteiger partial charge in [0.25, 0.3) is 0 Å². The third-order valence-electron chi connectivity index (χ3n) is 7.33. The van der Waals surface area contributed by atoms with E-state index >= 15 is 0 Å². The summed E-state index contributed by atoms with van der Waals surface area (Å²) in [5.41, 5.74) is 6.86. The molecule has 0 amide bonds. The van der Waals surface area contributed by atoms with Crippen molar-refractivity contribution in [1.29, 1.82) is 0 Å². The van der Waals surface area contributed by atoms with Gasteiger partial charge in [-0.2, -0.15) is 0 Å². The Morgan fingerprint density at radius 2 is 1.92 bits per heavy atom. The Kier molecular flexibility index (Phi) is 5.61. The average Bonchev–Trinajstić information content (AvgIpc) is 3.53. The van der Waals surface area contributed by atoms with Crippen molar-refractivity contribution in [2.24, 2.45) is 13.0 Å². The summed E-state index contributed by atoms with van der Waals surface area (Å²) in [6, 6.07) is 6.13. The minimum absolute atomic E-state index is 0.132. The molecule has 0 saturated carbocycles. The van der Waals surface area contributed by atoms with Gasteiger partial charge in [0.2, 0.25) is 5.58 Å². The molecule has 37 heavy (non-hydrogen) atoms. The van der Waals surface area contributed by atoms with Crippen LogP contribution >= 0.6 is 0 Å². The van der Waals surface area contributed by atoms with Crippen molar-refractivity contribution < 1.29 is 14.4 Å². The van der Waals surface area contributed by atoms with Crippen LogP contribution in [0, 0.1) is 19.8 Å². The quantitative estimate of drug-likeness (QED) is 0.380. The molecule has 192 valence electrons. The lowest BCUT2D eigenvalue weighted by atomic mass is 9.88. The first-order chi connectivity index (χ1) is 17.7. The summed E-state index contributed by atoms with van der Waals surface area (Å²) in [5, 5.41) is 23.8. The molecule has 1 unspecified atom stereocenters. The molecule has 1 atom stereocenters. The predicted molar refractivity (Wildman–Crippen MR) is 138 cm³/mol. The zero-order valence-electron chi connectivity index (χ0n) is 21.8. The Morgan fingerprint density at radius 3 is 2.59 bits per heavy atom. The first-order valence-corrected chi connectivity index (χ1v) is 12.6. The van der Waals surface area contributed by atoms with E-state index in [2.05, 4.69) is 39.1 Å². The molecule has 0 radical (unpaired) electrons. The molecule has 10 heteroatoms. The lowest BCUT2D eigenvalue weighted by Gasteiger charge is -2.32. The van der Waals surface area contributed by atoms with E-state index in [0.717, 1.165) is 52.1 Å². The van der Waals surface area contributed by atoms with Crippen molar-refractivity contribution >= 4 is 22.1 Å². The van der Waals surface area contributed by atoms with Gasteiger partial charge in [-0.25, -0.2) is 9.67 Å². The highest BCUT2D eigenvalue weighted by molar-refractivity contribution is 6.04. The fourth-order valence-corrected chi connectivity index (χ4v) is 5.61. The molecule has 0 aliphatic carbocycles. The lowest BCUT2D eigenvalue weighted by molar-refractivity contribution is 0.0542. The maximum absolute atomic E-state index is 11.1. The van der Waals surface area contributed by atoms with E-state index in [4.69, 9.17) is 19.2 Å². The second-order valence-electron chi connectivity index (χ2n) is 10.5. The maximum Gasteiger partial charge on any atom is 0.211 e. The number of aliphatic hydroxyl groups is 1. The molecule has 1 saturated heterocycles. The number of ether oxygens (including phenoxy) is 1. The fourth-order valence-electron chi connectivity index (χ4n) is 5.61. The molecule has 0 bridgehead atoms. The zero-order chi connectivity index (χ0) is 25.9. The third kappa shape index (κ3) is 3.91. The average molecular weight is 502 g/mol. The minimum Gasteiger partial charge on any atom is -0.384 e. The Labute approximate surface area is 214 Å². The van der Waals surface area contributed by atoms with Gasteiger partial charge in [-0.15, -0.1) is 5.10 Å². The molecular weight excluding hydrogens is 470 g/mol. The van der Waals surface area contributed by atoms with Crippen molar-refractivity contribution in [3.63, 3.8) is 0 Å².